The van der Waals surface area contributed by atoms with Gasteiger partial charge in [0.2, 0.25) is 5.91 Å². The Morgan fingerprint density at radius 1 is 1.24 bits per heavy atom. The van der Waals surface area contributed by atoms with Crippen molar-refractivity contribution in [2.45, 2.75) is 39.2 Å². The second-order valence-electron chi connectivity index (χ2n) is 7.36. The summed E-state index contributed by atoms with van der Waals surface area (Å²) in [4.78, 5) is 32.6. The number of nitrogens with zero attached hydrogens (tertiary/aromatic N) is 2. The van der Waals surface area contributed by atoms with E-state index in [0.29, 0.717) is 54.9 Å². The van der Waals surface area contributed by atoms with E-state index in [1.54, 1.807) is 18.3 Å². The zero-order valence-corrected chi connectivity index (χ0v) is 16.1. The lowest BCUT2D eigenvalue weighted by Crippen LogP contribution is -2.30. The summed E-state index contributed by atoms with van der Waals surface area (Å²) in [6.07, 6.45) is 3.99. The number of aromatic amines is 2. The lowest BCUT2D eigenvalue weighted by molar-refractivity contribution is -0.125. The molecule has 3 N–H and O–H groups in total. The third kappa shape index (κ3) is 4.11. The molecule has 1 aliphatic carbocycles. The van der Waals surface area contributed by atoms with E-state index >= 15 is 0 Å². The van der Waals surface area contributed by atoms with Crippen LogP contribution < -0.4 is 10.9 Å². The molecule has 0 spiro atoms. The molecule has 0 aliphatic heterocycles. The van der Waals surface area contributed by atoms with Crippen molar-refractivity contribution in [3.8, 4) is 11.4 Å². The second-order valence-corrected chi connectivity index (χ2v) is 7.36. The number of fused-ring (bicyclic) bond motifs is 1. The number of amides is 1. The quantitative estimate of drug-likeness (QED) is 0.590. The summed E-state index contributed by atoms with van der Waals surface area (Å²) in [5.74, 6) is -0.115. The highest BCUT2D eigenvalue weighted by atomic mass is 19.1. The van der Waals surface area contributed by atoms with E-state index in [2.05, 4.69) is 25.5 Å². The van der Waals surface area contributed by atoms with E-state index in [-0.39, 0.29) is 23.2 Å². The molecular formula is C21H22FN5O2. The molecule has 0 saturated heterocycles. The van der Waals surface area contributed by atoms with Crippen LogP contribution in [0.15, 0.2) is 35.3 Å². The van der Waals surface area contributed by atoms with Gasteiger partial charge in [0, 0.05) is 34.8 Å². The summed E-state index contributed by atoms with van der Waals surface area (Å²) >= 11 is 0. The van der Waals surface area contributed by atoms with Crippen LogP contribution in [0, 0.1) is 18.7 Å². The number of nitrogens with one attached hydrogen (secondary N) is 3. The maximum Gasteiger partial charge on any atom is 0.254 e. The molecule has 150 valence electrons. The number of carbonyl (C=O) groups is 1. The third-order valence-corrected chi connectivity index (χ3v) is 5.45. The molecule has 7 nitrogen and oxygen atoms in total. The maximum absolute atomic E-state index is 13.2. The fourth-order valence-corrected chi connectivity index (χ4v) is 3.67. The van der Waals surface area contributed by atoms with Crippen LogP contribution in [0.5, 0.6) is 0 Å². The fourth-order valence-electron chi connectivity index (χ4n) is 3.67. The van der Waals surface area contributed by atoms with Crippen molar-refractivity contribution in [3.05, 3.63) is 69.1 Å². The lowest BCUT2D eigenvalue weighted by atomic mass is 9.98. The predicted octanol–water partition coefficient (Wildman–Crippen LogP) is 2.42. The first-order valence-corrected chi connectivity index (χ1v) is 9.66. The molecule has 2 aromatic heterocycles. The Morgan fingerprint density at radius 3 is 2.72 bits per heavy atom. The van der Waals surface area contributed by atoms with Crippen LogP contribution in [0.3, 0.4) is 0 Å². The molecule has 3 aromatic rings. The first kappa shape index (κ1) is 19.0. The van der Waals surface area contributed by atoms with Crippen molar-refractivity contribution in [1.82, 2.24) is 25.5 Å². The number of benzene rings is 1. The Hall–Kier alpha value is -3.29. The van der Waals surface area contributed by atoms with Gasteiger partial charge >= 0.3 is 0 Å². The molecule has 8 heteroatoms. The van der Waals surface area contributed by atoms with Gasteiger partial charge in [0.25, 0.3) is 5.56 Å². The summed E-state index contributed by atoms with van der Waals surface area (Å²) in [5, 5.41) is 9.78. The van der Waals surface area contributed by atoms with Crippen molar-refractivity contribution >= 4 is 5.91 Å². The molecule has 1 aliphatic rings. The molecule has 1 aromatic carbocycles. The predicted molar refractivity (Wildman–Crippen MR) is 106 cm³/mol. The first-order chi connectivity index (χ1) is 14.0. The summed E-state index contributed by atoms with van der Waals surface area (Å²) in [6, 6.07) is 5.85. The van der Waals surface area contributed by atoms with Gasteiger partial charge in [-0.2, -0.15) is 5.10 Å². The Morgan fingerprint density at radius 2 is 2.00 bits per heavy atom. The number of rotatable bonds is 4. The van der Waals surface area contributed by atoms with Gasteiger partial charge in [0.05, 0.1) is 11.9 Å². The first-order valence-electron chi connectivity index (χ1n) is 9.66. The molecule has 29 heavy (non-hydrogen) atoms. The average molecular weight is 395 g/mol. The molecule has 4 rings (SSSR count). The van der Waals surface area contributed by atoms with Gasteiger partial charge < -0.3 is 10.3 Å². The topological polar surface area (TPSA) is 104 Å². The van der Waals surface area contributed by atoms with Crippen LogP contribution in [0.25, 0.3) is 11.4 Å². The van der Waals surface area contributed by atoms with Gasteiger partial charge in [-0.1, -0.05) is 0 Å². The van der Waals surface area contributed by atoms with Crippen molar-refractivity contribution < 1.29 is 9.18 Å². The van der Waals surface area contributed by atoms with Crippen molar-refractivity contribution in [1.29, 1.82) is 0 Å². The van der Waals surface area contributed by atoms with Crippen molar-refractivity contribution in [2.75, 3.05) is 0 Å². The summed E-state index contributed by atoms with van der Waals surface area (Å²) in [5.41, 5.74) is 3.70. The number of hydrogen-bond donors (Lipinski definition) is 3. The van der Waals surface area contributed by atoms with Crippen molar-refractivity contribution in [3.63, 3.8) is 0 Å². The zero-order valence-electron chi connectivity index (χ0n) is 16.1. The van der Waals surface area contributed by atoms with E-state index in [1.165, 1.54) is 12.1 Å². The summed E-state index contributed by atoms with van der Waals surface area (Å²) < 4.78 is 13.2. The number of H-pyrrole nitrogens is 2. The van der Waals surface area contributed by atoms with Crippen LogP contribution in [0.2, 0.25) is 0 Å². The maximum atomic E-state index is 13.2. The number of hydrogen-bond acceptors (Lipinski definition) is 4. The van der Waals surface area contributed by atoms with E-state index in [0.717, 1.165) is 11.3 Å². The Kier molecular flexibility index (Phi) is 5.24. The van der Waals surface area contributed by atoms with Gasteiger partial charge in [0.15, 0.2) is 0 Å². The van der Waals surface area contributed by atoms with Crippen LogP contribution in [0.1, 0.15) is 35.4 Å². The molecule has 0 saturated carbocycles. The van der Waals surface area contributed by atoms with Crippen LogP contribution in [0.4, 0.5) is 4.39 Å². The standard InChI is InChI=1S/C21H22FN5O2/c1-12-15(11-24-27-12)10-23-20(28)14-4-8-17-18(9-5-14)25-19(26-21(17)29)13-2-6-16(22)7-3-13/h2-3,6-7,11,14H,4-5,8-10H2,1H3,(H,23,28)(H,24,27)(H,25,26,29). The minimum Gasteiger partial charge on any atom is -0.352 e. The largest absolute Gasteiger partial charge is 0.352 e. The van der Waals surface area contributed by atoms with Gasteiger partial charge in [-0.05, 0) is 56.9 Å². The second kappa shape index (κ2) is 7.98. The van der Waals surface area contributed by atoms with E-state index < -0.39 is 0 Å². The van der Waals surface area contributed by atoms with Crippen LogP contribution in [-0.4, -0.2) is 26.1 Å². The van der Waals surface area contributed by atoms with Gasteiger partial charge in [-0.3, -0.25) is 14.7 Å². The highest BCUT2D eigenvalue weighted by molar-refractivity contribution is 5.78. The van der Waals surface area contributed by atoms with Gasteiger partial charge in [-0.25, -0.2) is 9.37 Å². The number of halogens is 1. The number of carbonyl (C=O) groups excluding carboxylic acids is 1. The van der Waals surface area contributed by atoms with Crippen molar-refractivity contribution in [2.24, 2.45) is 5.92 Å². The minimum atomic E-state index is -0.342. The molecular weight excluding hydrogens is 373 g/mol. The highest BCUT2D eigenvalue weighted by Gasteiger charge is 2.25. The van der Waals surface area contributed by atoms with E-state index in [4.69, 9.17) is 0 Å². The molecule has 0 fully saturated rings. The summed E-state index contributed by atoms with van der Waals surface area (Å²) in [7, 11) is 0. The molecule has 1 atom stereocenters. The Balaban J connectivity index is 1.48. The smallest absolute Gasteiger partial charge is 0.254 e. The van der Waals surface area contributed by atoms with E-state index in [1.807, 2.05) is 6.92 Å². The fraction of sp³-hybridized carbons (Fsp3) is 0.333. The van der Waals surface area contributed by atoms with E-state index in [9.17, 15) is 14.0 Å². The number of aryl methyl sites for hydroxylation is 2. The Labute approximate surface area is 166 Å². The molecule has 1 amide bonds. The lowest BCUT2D eigenvalue weighted by Gasteiger charge is -2.13. The molecule has 2 heterocycles. The average Bonchev–Trinajstić information content (AvgIpc) is 2.99. The minimum absolute atomic E-state index is 0.0198. The highest BCUT2D eigenvalue weighted by Crippen LogP contribution is 2.24. The number of aromatic nitrogens is 4. The summed E-state index contributed by atoms with van der Waals surface area (Å²) in [6.45, 7) is 2.34. The normalized spacial score (nSPS) is 16.1. The third-order valence-electron chi connectivity index (χ3n) is 5.45. The van der Waals surface area contributed by atoms with Crippen LogP contribution >= 0.6 is 0 Å². The van der Waals surface area contributed by atoms with Gasteiger partial charge in [-0.15, -0.1) is 0 Å². The zero-order chi connectivity index (χ0) is 20.4. The monoisotopic (exact) mass is 395 g/mol. The molecule has 0 radical (unpaired) electrons. The molecule has 1 unspecified atom stereocenters. The Bertz CT molecular complexity index is 1090. The van der Waals surface area contributed by atoms with Gasteiger partial charge in [0.1, 0.15) is 11.6 Å². The SMILES string of the molecule is Cc1[nH]ncc1CNC(=O)C1CCc2nc(-c3ccc(F)cc3)[nH]c(=O)c2CC1. The molecule has 0 bridgehead atoms. The van der Waals surface area contributed by atoms with Crippen LogP contribution in [-0.2, 0) is 24.2 Å².